The second-order valence-electron chi connectivity index (χ2n) is 6.65. The maximum Gasteiger partial charge on any atom is 0.226 e. The summed E-state index contributed by atoms with van der Waals surface area (Å²) in [5.41, 5.74) is 3.09. The molecule has 2 aromatic rings. The Morgan fingerprint density at radius 2 is 2.00 bits per heavy atom. The van der Waals surface area contributed by atoms with Gasteiger partial charge in [0.15, 0.2) is 6.29 Å². The van der Waals surface area contributed by atoms with Crippen LogP contribution in [0, 0.1) is 5.41 Å². The SMILES string of the molecule is O=Cc1cscc1-c1cncc(Cl)c1N1CCC2(CCNC2=O)CC1. The van der Waals surface area contributed by atoms with Crippen LogP contribution in [0.1, 0.15) is 29.6 Å². The minimum atomic E-state index is -0.216. The highest BCUT2D eigenvalue weighted by atomic mass is 35.5. The number of anilines is 1. The van der Waals surface area contributed by atoms with Crippen molar-refractivity contribution in [1.82, 2.24) is 10.3 Å². The molecule has 4 heterocycles. The predicted molar refractivity (Wildman–Crippen MR) is 99.5 cm³/mol. The monoisotopic (exact) mass is 375 g/mol. The molecular formula is C18H18ClN3O2S. The van der Waals surface area contributed by atoms with E-state index in [1.807, 2.05) is 10.8 Å². The zero-order valence-corrected chi connectivity index (χ0v) is 15.2. The van der Waals surface area contributed by atoms with E-state index in [2.05, 4.69) is 15.2 Å². The molecule has 2 aliphatic rings. The van der Waals surface area contributed by atoms with Crippen LogP contribution >= 0.6 is 22.9 Å². The molecule has 0 saturated carbocycles. The van der Waals surface area contributed by atoms with Gasteiger partial charge in [0, 0.05) is 54.1 Å². The first-order valence-corrected chi connectivity index (χ1v) is 9.65. The van der Waals surface area contributed by atoms with Crippen molar-refractivity contribution in [2.75, 3.05) is 24.5 Å². The molecule has 25 heavy (non-hydrogen) atoms. The van der Waals surface area contributed by atoms with E-state index in [4.69, 9.17) is 11.6 Å². The Labute approximate surface area is 155 Å². The lowest BCUT2D eigenvalue weighted by atomic mass is 9.77. The van der Waals surface area contributed by atoms with Gasteiger partial charge in [-0.3, -0.25) is 14.6 Å². The van der Waals surface area contributed by atoms with Crippen LogP contribution in [0.15, 0.2) is 23.2 Å². The number of carbonyl (C=O) groups is 2. The maximum atomic E-state index is 12.2. The van der Waals surface area contributed by atoms with Crippen LogP contribution in [-0.2, 0) is 4.79 Å². The van der Waals surface area contributed by atoms with E-state index >= 15 is 0 Å². The summed E-state index contributed by atoms with van der Waals surface area (Å²) in [4.78, 5) is 30.0. The fourth-order valence-electron chi connectivity index (χ4n) is 3.92. The van der Waals surface area contributed by atoms with Crippen molar-refractivity contribution in [2.24, 2.45) is 5.41 Å². The van der Waals surface area contributed by atoms with E-state index in [1.54, 1.807) is 12.4 Å². The number of amides is 1. The summed E-state index contributed by atoms with van der Waals surface area (Å²) in [6.45, 7) is 2.31. The highest BCUT2D eigenvalue weighted by Gasteiger charge is 2.44. The third kappa shape index (κ3) is 2.73. The van der Waals surface area contributed by atoms with E-state index in [0.29, 0.717) is 10.6 Å². The number of piperidine rings is 1. The Morgan fingerprint density at radius 1 is 1.20 bits per heavy atom. The Kier molecular flexibility index (Phi) is 4.25. The summed E-state index contributed by atoms with van der Waals surface area (Å²) in [5, 5.41) is 7.33. The number of rotatable bonds is 3. The van der Waals surface area contributed by atoms with Crippen molar-refractivity contribution in [3.63, 3.8) is 0 Å². The van der Waals surface area contributed by atoms with Gasteiger partial charge in [-0.1, -0.05) is 11.6 Å². The molecule has 7 heteroatoms. The highest BCUT2D eigenvalue weighted by Crippen LogP contribution is 2.44. The summed E-state index contributed by atoms with van der Waals surface area (Å²) in [5.74, 6) is 0.189. The fraction of sp³-hybridized carbons (Fsp3) is 0.389. The van der Waals surface area contributed by atoms with Crippen LogP contribution in [0.25, 0.3) is 11.1 Å². The molecule has 1 N–H and O–H groups in total. The van der Waals surface area contributed by atoms with Crippen LogP contribution in [0.4, 0.5) is 5.69 Å². The van der Waals surface area contributed by atoms with Crippen molar-refractivity contribution in [2.45, 2.75) is 19.3 Å². The van der Waals surface area contributed by atoms with Crippen LogP contribution < -0.4 is 10.2 Å². The summed E-state index contributed by atoms with van der Waals surface area (Å²) in [7, 11) is 0. The van der Waals surface area contributed by atoms with E-state index < -0.39 is 0 Å². The molecule has 0 aromatic carbocycles. The van der Waals surface area contributed by atoms with Gasteiger partial charge in [-0.2, -0.15) is 11.3 Å². The van der Waals surface area contributed by atoms with Gasteiger partial charge in [0.25, 0.3) is 0 Å². The molecule has 2 aliphatic heterocycles. The summed E-state index contributed by atoms with van der Waals surface area (Å²) in [6.07, 6.45) is 6.83. The molecule has 2 aromatic heterocycles. The van der Waals surface area contributed by atoms with Gasteiger partial charge in [0.05, 0.1) is 16.1 Å². The molecule has 0 aliphatic carbocycles. The molecule has 0 atom stereocenters. The Balaban J connectivity index is 1.68. The fourth-order valence-corrected chi connectivity index (χ4v) is 4.99. The minimum absolute atomic E-state index is 0.189. The number of carbonyl (C=O) groups excluding carboxylic acids is 2. The Hall–Kier alpha value is -1.92. The third-order valence-electron chi connectivity index (χ3n) is 5.39. The van der Waals surface area contributed by atoms with Crippen LogP contribution in [0.2, 0.25) is 5.02 Å². The van der Waals surface area contributed by atoms with Crippen molar-refractivity contribution >= 4 is 40.8 Å². The van der Waals surface area contributed by atoms with E-state index in [9.17, 15) is 9.59 Å². The number of hydrogen-bond acceptors (Lipinski definition) is 5. The first-order chi connectivity index (χ1) is 12.1. The number of aldehydes is 1. The number of hydrogen-bond donors (Lipinski definition) is 1. The molecule has 0 radical (unpaired) electrons. The smallest absolute Gasteiger partial charge is 0.226 e. The Morgan fingerprint density at radius 3 is 2.68 bits per heavy atom. The van der Waals surface area contributed by atoms with Gasteiger partial charge in [0.1, 0.15) is 0 Å². The van der Waals surface area contributed by atoms with Gasteiger partial charge in [-0.25, -0.2) is 0 Å². The van der Waals surface area contributed by atoms with Gasteiger partial charge in [0.2, 0.25) is 5.91 Å². The van der Waals surface area contributed by atoms with Gasteiger partial charge in [-0.15, -0.1) is 0 Å². The normalized spacial score (nSPS) is 19.2. The van der Waals surface area contributed by atoms with E-state index in [-0.39, 0.29) is 11.3 Å². The zero-order chi connectivity index (χ0) is 17.4. The van der Waals surface area contributed by atoms with Crippen LogP contribution in [-0.4, -0.2) is 36.8 Å². The van der Waals surface area contributed by atoms with Crippen LogP contribution in [0.5, 0.6) is 0 Å². The number of thiophene rings is 1. The van der Waals surface area contributed by atoms with Gasteiger partial charge in [-0.05, 0) is 24.6 Å². The molecule has 2 fully saturated rings. The molecule has 5 nitrogen and oxygen atoms in total. The lowest BCUT2D eigenvalue weighted by Crippen LogP contribution is -2.44. The number of nitrogens with zero attached hydrogens (tertiary/aromatic N) is 2. The number of pyridine rings is 1. The first-order valence-electron chi connectivity index (χ1n) is 8.33. The first kappa shape index (κ1) is 16.5. The summed E-state index contributed by atoms with van der Waals surface area (Å²) in [6, 6.07) is 0. The molecule has 0 bridgehead atoms. The Bertz CT molecular complexity index is 827. The topological polar surface area (TPSA) is 62.3 Å². The van der Waals surface area contributed by atoms with Gasteiger partial charge < -0.3 is 10.2 Å². The van der Waals surface area contributed by atoms with Crippen molar-refractivity contribution < 1.29 is 9.59 Å². The quantitative estimate of drug-likeness (QED) is 0.835. The van der Waals surface area contributed by atoms with E-state index in [1.165, 1.54) is 11.3 Å². The van der Waals surface area contributed by atoms with Crippen molar-refractivity contribution in [1.29, 1.82) is 0 Å². The van der Waals surface area contributed by atoms with E-state index in [0.717, 1.165) is 62.0 Å². The number of halogens is 1. The van der Waals surface area contributed by atoms with Crippen molar-refractivity contribution in [3.05, 3.63) is 33.7 Å². The summed E-state index contributed by atoms with van der Waals surface area (Å²) < 4.78 is 0. The molecule has 4 rings (SSSR count). The standard InChI is InChI=1S/C18H18ClN3O2S/c19-15-8-20-7-13(14-11-25-10-12(14)9-23)16(15)22-5-2-18(3-6-22)1-4-21-17(18)24/h7-11H,1-6H2,(H,21,24). The minimum Gasteiger partial charge on any atom is -0.370 e. The molecule has 1 spiro atoms. The lowest BCUT2D eigenvalue weighted by molar-refractivity contribution is -0.128. The van der Waals surface area contributed by atoms with Crippen LogP contribution in [0.3, 0.4) is 0 Å². The molecule has 1 amide bonds. The molecule has 2 saturated heterocycles. The number of aromatic nitrogens is 1. The summed E-state index contributed by atoms with van der Waals surface area (Å²) >= 11 is 7.98. The lowest BCUT2D eigenvalue weighted by Gasteiger charge is -2.39. The highest BCUT2D eigenvalue weighted by molar-refractivity contribution is 7.08. The maximum absolute atomic E-state index is 12.2. The molecule has 0 unspecified atom stereocenters. The number of nitrogens with one attached hydrogen (secondary N) is 1. The average Bonchev–Trinajstić information content (AvgIpc) is 3.23. The largest absolute Gasteiger partial charge is 0.370 e. The second kappa shape index (κ2) is 6.42. The van der Waals surface area contributed by atoms with Gasteiger partial charge >= 0.3 is 0 Å². The zero-order valence-electron chi connectivity index (χ0n) is 13.6. The van der Waals surface area contributed by atoms with Crippen molar-refractivity contribution in [3.8, 4) is 11.1 Å². The second-order valence-corrected chi connectivity index (χ2v) is 7.80. The average molecular weight is 376 g/mol. The predicted octanol–water partition coefficient (Wildman–Crippen LogP) is 3.38. The molecular weight excluding hydrogens is 358 g/mol. The molecule has 130 valence electrons. The third-order valence-corrected chi connectivity index (χ3v) is 6.43.